The van der Waals surface area contributed by atoms with Gasteiger partial charge in [-0.2, -0.15) is 0 Å². The van der Waals surface area contributed by atoms with E-state index in [2.05, 4.69) is 17.5 Å². The van der Waals surface area contributed by atoms with Crippen molar-refractivity contribution < 1.29 is 14.3 Å². The van der Waals surface area contributed by atoms with Gasteiger partial charge in [-0.15, -0.1) is 0 Å². The Bertz CT molecular complexity index is 1230. The first-order chi connectivity index (χ1) is 17.4. The highest BCUT2D eigenvalue weighted by molar-refractivity contribution is 6.30. The van der Waals surface area contributed by atoms with Gasteiger partial charge in [-0.1, -0.05) is 78.4 Å². The smallest absolute Gasteiger partial charge is 0.258 e. The number of amides is 2. The van der Waals surface area contributed by atoms with Gasteiger partial charge in [0.05, 0.1) is 17.7 Å². The van der Waals surface area contributed by atoms with Gasteiger partial charge in [0.15, 0.2) is 0 Å². The van der Waals surface area contributed by atoms with Crippen LogP contribution >= 0.6 is 11.6 Å². The van der Waals surface area contributed by atoms with Gasteiger partial charge in [-0.05, 0) is 48.7 Å². The molecular weight excluding hydrogens is 472 g/mol. The van der Waals surface area contributed by atoms with Crippen LogP contribution in [-0.2, 0) is 11.2 Å². The second-order valence-corrected chi connectivity index (χ2v) is 9.54. The summed E-state index contributed by atoms with van der Waals surface area (Å²) in [7, 11) is 1.68. The minimum absolute atomic E-state index is 0.122. The number of benzene rings is 3. The number of ether oxygens (including phenoxy) is 1. The van der Waals surface area contributed by atoms with Crippen LogP contribution in [0.5, 0.6) is 5.75 Å². The van der Waals surface area contributed by atoms with E-state index in [1.54, 1.807) is 19.2 Å². The van der Waals surface area contributed by atoms with Gasteiger partial charge >= 0.3 is 0 Å². The molecule has 1 heterocycles. The van der Waals surface area contributed by atoms with Crippen LogP contribution in [0.3, 0.4) is 0 Å². The van der Waals surface area contributed by atoms with Gasteiger partial charge in [0.25, 0.3) is 5.91 Å². The fraction of sp³-hybridized carbons (Fsp3) is 0.267. The summed E-state index contributed by atoms with van der Waals surface area (Å²) in [5.41, 5.74) is 2.32. The molecule has 0 fully saturated rings. The molecule has 0 saturated carbocycles. The molecule has 0 spiro atoms. The fourth-order valence-corrected chi connectivity index (χ4v) is 4.57. The van der Waals surface area contributed by atoms with Crippen molar-refractivity contribution in [2.24, 2.45) is 0 Å². The lowest BCUT2D eigenvalue weighted by Crippen LogP contribution is -2.49. The molecule has 3 aromatic carbocycles. The van der Waals surface area contributed by atoms with Crippen molar-refractivity contribution in [3.63, 3.8) is 0 Å². The van der Waals surface area contributed by atoms with Crippen LogP contribution in [-0.4, -0.2) is 35.9 Å². The molecule has 5 nitrogen and oxygen atoms in total. The Morgan fingerprint density at radius 2 is 1.67 bits per heavy atom. The number of halogens is 1. The summed E-state index contributed by atoms with van der Waals surface area (Å²) in [5.74, 6) is 0.0284. The van der Waals surface area contributed by atoms with Gasteiger partial charge in [-0.3, -0.25) is 9.59 Å². The molecule has 0 bridgehead atoms. The van der Waals surface area contributed by atoms with Crippen molar-refractivity contribution in [3.8, 4) is 5.75 Å². The van der Waals surface area contributed by atoms with Crippen molar-refractivity contribution in [1.29, 1.82) is 0 Å². The van der Waals surface area contributed by atoms with Crippen LogP contribution in [0.25, 0.3) is 0 Å². The van der Waals surface area contributed by atoms with Gasteiger partial charge in [-0.25, -0.2) is 0 Å². The lowest BCUT2D eigenvalue weighted by molar-refractivity contribution is -0.126. The van der Waals surface area contributed by atoms with E-state index in [-0.39, 0.29) is 24.0 Å². The number of nitrogens with zero attached hydrogens (tertiary/aromatic N) is 1. The number of rotatable bonds is 3. The normalized spacial score (nSPS) is 22.1. The number of hydrogen-bond donors (Lipinski definition) is 1. The fourth-order valence-electron chi connectivity index (χ4n) is 4.38. The van der Waals surface area contributed by atoms with Crippen LogP contribution in [0.2, 0.25) is 5.02 Å². The first-order valence-electron chi connectivity index (χ1n) is 12.2. The topological polar surface area (TPSA) is 58.6 Å². The van der Waals surface area contributed by atoms with E-state index in [0.29, 0.717) is 35.6 Å². The molecule has 6 heteroatoms. The molecule has 1 aliphatic rings. The monoisotopic (exact) mass is 502 g/mol. The molecule has 3 aromatic rings. The third-order valence-corrected chi connectivity index (χ3v) is 6.62. The largest absolute Gasteiger partial charge is 0.490 e. The highest BCUT2D eigenvalue weighted by Crippen LogP contribution is 2.26. The van der Waals surface area contributed by atoms with Crippen LogP contribution in [0.15, 0.2) is 91.0 Å². The zero-order chi connectivity index (χ0) is 25.5. The molecule has 0 aromatic heterocycles. The minimum Gasteiger partial charge on any atom is -0.490 e. The molecule has 186 valence electrons. The third kappa shape index (κ3) is 6.35. The summed E-state index contributed by atoms with van der Waals surface area (Å²) in [6, 6.07) is 23.4. The molecule has 1 N–H and O–H groups in total. The molecule has 36 heavy (non-hydrogen) atoms. The van der Waals surface area contributed by atoms with Gasteiger partial charge in [0.1, 0.15) is 11.8 Å². The summed E-state index contributed by atoms with van der Waals surface area (Å²) >= 11 is 6.26. The summed E-state index contributed by atoms with van der Waals surface area (Å²) in [4.78, 5) is 29.0. The van der Waals surface area contributed by atoms with Crippen molar-refractivity contribution >= 4 is 23.4 Å². The summed E-state index contributed by atoms with van der Waals surface area (Å²) in [6.07, 6.45) is 5.63. The van der Waals surface area contributed by atoms with Crippen molar-refractivity contribution in [2.45, 2.75) is 44.4 Å². The molecule has 1 aliphatic heterocycles. The molecule has 0 aliphatic carbocycles. The van der Waals surface area contributed by atoms with Crippen LogP contribution in [0, 0.1) is 0 Å². The van der Waals surface area contributed by atoms with Crippen molar-refractivity contribution in [1.82, 2.24) is 10.2 Å². The quantitative estimate of drug-likeness (QED) is 0.447. The third-order valence-electron chi connectivity index (χ3n) is 6.38. The number of hydrogen-bond acceptors (Lipinski definition) is 3. The first-order valence-corrected chi connectivity index (χ1v) is 12.6. The van der Waals surface area contributed by atoms with E-state index in [1.807, 2.05) is 73.7 Å². The molecular formula is C30H31ClN2O3. The van der Waals surface area contributed by atoms with E-state index >= 15 is 0 Å². The van der Waals surface area contributed by atoms with E-state index in [9.17, 15) is 9.59 Å². The summed E-state index contributed by atoms with van der Waals surface area (Å²) < 4.78 is 6.15. The Kier molecular flexibility index (Phi) is 8.44. The maximum atomic E-state index is 13.8. The SMILES string of the molecule is C[C@H]1C/C=C\C[C@@H](c2cccc(Cl)c2)NC(=O)[C@H](Cc2ccccc2)N(C)C(=O)c2ccccc2O1. The Labute approximate surface area is 217 Å². The highest BCUT2D eigenvalue weighted by Gasteiger charge is 2.31. The number of nitrogens with one attached hydrogen (secondary N) is 1. The molecule has 0 saturated heterocycles. The second kappa shape index (κ2) is 11.9. The predicted octanol–water partition coefficient (Wildman–Crippen LogP) is 6.00. The van der Waals surface area contributed by atoms with E-state index in [4.69, 9.17) is 16.3 Å². The predicted molar refractivity (Wildman–Crippen MR) is 143 cm³/mol. The maximum Gasteiger partial charge on any atom is 0.258 e. The average Bonchev–Trinajstić information content (AvgIpc) is 2.88. The lowest BCUT2D eigenvalue weighted by Gasteiger charge is -2.30. The number of fused-ring (bicyclic) bond motifs is 1. The zero-order valence-corrected chi connectivity index (χ0v) is 21.3. The summed E-state index contributed by atoms with van der Waals surface area (Å²) in [5, 5.41) is 3.81. The second-order valence-electron chi connectivity index (χ2n) is 9.11. The maximum absolute atomic E-state index is 13.8. The van der Waals surface area contributed by atoms with E-state index < -0.39 is 6.04 Å². The van der Waals surface area contributed by atoms with Crippen LogP contribution in [0.1, 0.15) is 47.3 Å². The highest BCUT2D eigenvalue weighted by atomic mass is 35.5. The molecule has 4 rings (SSSR count). The average molecular weight is 503 g/mol. The van der Waals surface area contributed by atoms with E-state index in [0.717, 1.165) is 11.1 Å². The van der Waals surface area contributed by atoms with Crippen molar-refractivity contribution in [3.05, 3.63) is 113 Å². The minimum atomic E-state index is -0.723. The Balaban J connectivity index is 1.73. The Morgan fingerprint density at radius 3 is 2.44 bits per heavy atom. The number of carbonyl (C=O) groups is 2. The van der Waals surface area contributed by atoms with Gasteiger partial charge in [0.2, 0.25) is 5.91 Å². The molecule has 3 atom stereocenters. The standard InChI is InChI=1S/C30H31ClN2O3/c1-21-11-6-8-17-26(23-14-10-15-24(31)20-23)32-29(34)27(19-22-12-4-3-5-13-22)33(2)30(35)25-16-7-9-18-28(25)36-21/h3-10,12-16,18,20-21,26-27H,11,17,19H2,1-2H3,(H,32,34)/b8-6-/t21-,26-,27-/m0/s1. The number of likely N-dealkylation sites (N-methyl/N-ethyl adjacent to an activating group) is 1. The molecule has 0 radical (unpaired) electrons. The van der Waals surface area contributed by atoms with Gasteiger partial charge < -0.3 is 15.0 Å². The molecule has 0 unspecified atom stereocenters. The van der Waals surface area contributed by atoms with Crippen molar-refractivity contribution in [2.75, 3.05) is 7.05 Å². The Hall–Kier alpha value is -3.57. The van der Waals surface area contributed by atoms with E-state index in [1.165, 1.54) is 4.90 Å². The van der Waals surface area contributed by atoms with Crippen LogP contribution < -0.4 is 10.1 Å². The first kappa shape index (κ1) is 25.5. The number of carbonyl (C=O) groups excluding carboxylic acids is 2. The van der Waals surface area contributed by atoms with Gasteiger partial charge in [0, 0.05) is 24.9 Å². The summed E-state index contributed by atoms with van der Waals surface area (Å²) in [6.45, 7) is 1.98. The van der Waals surface area contributed by atoms with Crippen LogP contribution in [0.4, 0.5) is 0 Å². The number of para-hydroxylation sites is 1. The lowest BCUT2D eigenvalue weighted by atomic mass is 9.99. The molecule has 2 amide bonds. The Morgan fingerprint density at radius 1 is 0.944 bits per heavy atom. The zero-order valence-electron chi connectivity index (χ0n) is 20.6.